The third-order valence-electron chi connectivity index (χ3n) is 3.61. The maximum Gasteiger partial charge on any atom is 0.0915 e. The molecule has 12 heavy (non-hydrogen) atoms. The summed E-state index contributed by atoms with van der Waals surface area (Å²) in [6, 6.07) is 0. The van der Waals surface area contributed by atoms with Gasteiger partial charge in [0.1, 0.15) is 0 Å². The Hall–Kier alpha value is -0.0800. The van der Waals surface area contributed by atoms with Crippen molar-refractivity contribution in [2.45, 2.75) is 39.4 Å². The molecule has 2 fully saturated rings. The van der Waals surface area contributed by atoms with E-state index >= 15 is 0 Å². The van der Waals surface area contributed by atoms with Gasteiger partial charge in [-0.3, -0.25) is 0 Å². The van der Waals surface area contributed by atoms with Crippen LogP contribution in [-0.2, 0) is 9.47 Å². The first kappa shape index (κ1) is 8.52. The van der Waals surface area contributed by atoms with Gasteiger partial charge in [0, 0.05) is 12.0 Å². The molecule has 0 radical (unpaired) electrons. The predicted octanol–water partition coefficient (Wildman–Crippen LogP) is 1.84. The van der Waals surface area contributed by atoms with Crippen LogP contribution in [0.25, 0.3) is 0 Å². The second kappa shape index (κ2) is 2.71. The molecule has 3 atom stereocenters. The van der Waals surface area contributed by atoms with E-state index in [1.54, 1.807) is 0 Å². The molecule has 2 heterocycles. The maximum atomic E-state index is 5.73. The molecular weight excluding hydrogens is 152 g/mol. The van der Waals surface area contributed by atoms with Gasteiger partial charge in [0.15, 0.2) is 0 Å². The second-order valence-electron chi connectivity index (χ2n) is 4.59. The summed E-state index contributed by atoms with van der Waals surface area (Å²) in [6.45, 7) is 8.56. The molecular formula is C10H18O2. The number of hydrogen-bond acceptors (Lipinski definition) is 2. The van der Waals surface area contributed by atoms with Crippen molar-refractivity contribution in [1.29, 1.82) is 0 Å². The summed E-state index contributed by atoms with van der Waals surface area (Å²) in [5, 5.41) is 0. The average molecular weight is 170 g/mol. The van der Waals surface area contributed by atoms with Crippen LogP contribution in [0, 0.1) is 11.3 Å². The van der Waals surface area contributed by atoms with E-state index in [9.17, 15) is 0 Å². The Morgan fingerprint density at radius 1 is 1.33 bits per heavy atom. The first-order valence-electron chi connectivity index (χ1n) is 4.88. The summed E-state index contributed by atoms with van der Waals surface area (Å²) in [6.07, 6.45) is 1.84. The zero-order chi connectivity index (χ0) is 8.77. The van der Waals surface area contributed by atoms with E-state index in [0.717, 1.165) is 19.6 Å². The summed E-state index contributed by atoms with van der Waals surface area (Å²) in [5.74, 6) is 0.644. The lowest BCUT2D eigenvalue weighted by molar-refractivity contribution is 0.00524. The van der Waals surface area contributed by atoms with Gasteiger partial charge in [-0.1, -0.05) is 20.8 Å². The molecule has 70 valence electrons. The Morgan fingerprint density at radius 2 is 2.08 bits per heavy atom. The fraction of sp³-hybridized carbons (Fsp3) is 1.00. The van der Waals surface area contributed by atoms with Gasteiger partial charge in [-0.05, 0) is 12.3 Å². The fourth-order valence-corrected chi connectivity index (χ4v) is 2.22. The highest BCUT2D eigenvalue weighted by Gasteiger charge is 2.51. The van der Waals surface area contributed by atoms with Gasteiger partial charge in [-0.15, -0.1) is 0 Å². The predicted molar refractivity (Wildman–Crippen MR) is 47.0 cm³/mol. The summed E-state index contributed by atoms with van der Waals surface area (Å²) in [5.41, 5.74) is 0.251. The van der Waals surface area contributed by atoms with Gasteiger partial charge in [-0.25, -0.2) is 0 Å². The zero-order valence-corrected chi connectivity index (χ0v) is 8.17. The van der Waals surface area contributed by atoms with Crippen molar-refractivity contribution in [3.05, 3.63) is 0 Å². The molecule has 0 amide bonds. The van der Waals surface area contributed by atoms with E-state index in [2.05, 4.69) is 20.8 Å². The smallest absolute Gasteiger partial charge is 0.0915 e. The van der Waals surface area contributed by atoms with E-state index in [1.807, 2.05) is 0 Å². The maximum absolute atomic E-state index is 5.73. The van der Waals surface area contributed by atoms with Crippen LogP contribution in [0.3, 0.4) is 0 Å². The molecule has 0 bridgehead atoms. The molecule has 0 aliphatic carbocycles. The number of fused-ring (bicyclic) bond motifs is 1. The summed E-state index contributed by atoms with van der Waals surface area (Å²) >= 11 is 0. The van der Waals surface area contributed by atoms with Gasteiger partial charge in [0.2, 0.25) is 0 Å². The summed E-state index contributed by atoms with van der Waals surface area (Å²) < 4.78 is 11.5. The largest absolute Gasteiger partial charge is 0.375 e. The monoisotopic (exact) mass is 170 g/mol. The summed E-state index contributed by atoms with van der Waals surface area (Å²) in [7, 11) is 0. The van der Waals surface area contributed by atoms with E-state index in [1.165, 1.54) is 0 Å². The third-order valence-corrected chi connectivity index (χ3v) is 3.61. The van der Waals surface area contributed by atoms with E-state index in [-0.39, 0.29) is 5.41 Å². The molecule has 0 N–H and O–H groups in total. The van der Waals surface area contributed by atoms with Gasteiger partial charge in [-0.2, -0.15) is 0 Å². The highest BCUT2D eigenvalue weighted by atomic mass is 16.6. The summed E-state index contributed by atoms with van der Waals surface area (Å²) in [4.78, 5) is 0. The molecule has 2 aliphatic heterocycles. The Balaban J connectivity index is 2.17. The van der Waals surface area contributed by atoms with Gasteiger partial charge in [0.25, 0.3) is 0 Å². The molecule has 2 heteroatoms. The quantitative estimate of drug-likeness (QED) is 0.598. The first-order chi connectivity index (χ1) is 5.64. The van der Waals surface area contributed by atoms with Crippen LogP contribution in [0.4, 0.5) is 0 Å². The van der Waals surface area contributed by atoms with Crippen molar-refractivity contribution in [3.8, 4) is 0 Å². The van der Waals surface area contributed by atoms with Crippen LogP contribution in [0.1, 0.15) is 27.2 Å². The minimum atomic E-state index is 0.251. The van der Waals surface area contributed by atoms with Crippen LogP contribution in [0.2, 0.25) is 0 Å². The van der Waals surface area contributed by atoms with Gasteiger partial charge >= 0.3 is 0 Å². The SMILES string of the molecule is CC(C)C1(C)COC2CCOC21. The van der Waals surface area contributed by atoms with Crippen LogP contribution in [0.5, 0.6) is 0 Å². The van der Waals surface area contributed by atoms with Crippen LogP contribution in [0.15, 0.2) is 0 Å². The molecule has 2 nitrogen and oxygen atoms in total. The lowest BCUT2D eigenvalue weighted by Gasteiger charge is -2.32. The van der Waals surface area contributed by atoms with Crippen molar-refractivity contribution < 1.29 is 9.47 Å². The number of rotatable bonds is 1. The normalized spacial score (nSPS) is 47.0. The van der Waals surface area contributed by atoms with E-state index in [0.29, 0.717) is 18.1 Å². The Labute approximate surface area is 74.2 Å². The average Bonchev–Trinajstić information content (AvgIpc) is 2.54. The standard InChI is InChI=1S/C10H18O2/c1-7(2)10(3)6-12-8-4-5-11-9(8)10/h7-9H,4-6H2,1-3H3. The van der Waals surface area contributed by atoms with E-state index < -0.39 is 0 Å². The molecule has 2 saturated heterocycles. The van der Waals surface area contributed by atoms with Crippen molar-refractivity contribution in [2.24, 2.45) is 11.3 Å². The topological polar surface area (TPSA) is 18.5 Å². The van der Waals surface area contributed by atoms with Crippen LogP contribution in [-0.4, -0.2) is 25.4 Å². The Morgan fingerprint density at radius 3 is 2.75 bits per heavy atom. The number of hydrogen-bond donors (Lipinski definition) is 0. The Kier molecular flexibility index (Phi) is 1.92. The highest BCUT2D eigenvalue weighted by Crippen LogP contribution is 2.44. The van der Waals surface area contributed by atoms with Crippen molar-refractivity contribution in [3.63, 3.8) is 0 Å². The molecule has 0 aromatic carbocycles. The molecule has 0 aromatic rings. The zero-order valence-electron chi connectivity index (χ0n) is 8.17. The molecule has 2 rings (SSSR count). The lowest BCUT2D eigenvalue weighted by atomic mass is 9.75. The molecule has 0 aromatic heterocycles. The Bertz CT molecular complexity index is 179. The number of ether oxygens (including phenoxy) is 2. The van der Waals surface area contributed by atoms with Crippen molar-refractivity contribution in [1.82, 2.24) is 0 Å². The van der Waals surface area contributed by atoms with Crippen LogP contribution < -0.4 is 0 Å². The molecule has 0 spiro atoms. The highest BCUT2D eigenvalue weighted by molar-refractivity contribution is 4.98. The second-order valence-corrected chi connectivity index (χ2v) is 4.59. The van der Waals surface area contributed by atoms with Crippen LogP contribution >= 0.6 is 0 Å². The van der Waals surface area contributed by atoms with Crippen molar-refractivity contribution in [2.75, 3.05) is 13.2 Å². The first-order valence-corrected chi connectivity index (χ1v) is 4.88. The molecule has 3 unspecified atom stereocenters. The minimum Gasteiger partial charge on any atom is -0.375 e. The fourth-order valence-electron chi connectivity index (χ4n) is 2.22. The van der Waals surface area contributed by atoms with Gasteiger partial charge in [0.05, 0.1) is 18.8 Å². The lowest BCUT2D eigenvalue weighted by Crippen LogP contribution is -2.37. The molecule has 2 aliphatic rings. The van der Waals surface area contributed by atoms with Gasteiger partial charge < -0.3 is 9.47 Å². The molecule has 0 saturated carbocycles. The van der Waals surface area contributed by atoms with E-state index in [4.69, 9.17) is 9.47 Å². The third kappa shape index (κ3) is 1.01. The van der Waals surface area contributed by atoms with Crippen molar-refractivity contribution >= 4 is 0 Å². The minimum absolute atomic E-state index is 0.251.